The molecule has 1 amide bonds. The summed E-state index contributed by atoms with van der Waals surface area (Å²) in [5, 5.41) is 58.4. The number of aryl methyl sites for hydroxylation is 2. The number of phenols is 1. The molecule has 0 radical (unpaired) electrons. The number of fused-ring (bicyclic) bond motifs is 2. The quantitative estimate of drug-likeness (QED) is 0.0231. The molecule has 0 saturated carbocycles. The number of anilines is 1. The topological polar surface area (TPSA) is 284 Å². The van der Waals surface area contributed by atoms with Gasteiger partial charge in [0.25, 0.3) is 26.1 Å². The Morgan fingerprint density at radius 1 is 0.597 bits per heavy atom. The van der Waals surface area contributed by atoms with Crippen LogP contribution in [0.25, 0.3) is 21.5 Å². The Balaban J connectivity index is 0.000000246. The number of ether oxygens (including phenoxy) is 2. The second kappa shape index (κ2) is 26.3. The molecule has 77 heavy (non-hydrogen) atoms. The van der Waals surface area contributed by atoms with Crippen molar-refractivity contribution < 1.29 is 55.5 Å². The molecule has 0 unspecified atom stereocenters. The smallest absolute Gasteiger partial charge is 0.871 e. The molecule has 0 saturated heterocycles. The number of para-hydroxylation sites is 4. The van der Waals surface area contributed by atoms with Gasteiger partial charge in [0.2, 0.25) is 0 Å². The average molecular weight is 1240 g/mol. The molecule has 392 valence electrons. The van der Waals surface area contributed by atoms with Crippen molar-refractivity contribution in [1.29, 1.82) is 0 Å². The molecule has 0 spiro atoms. The Morgan fingerprint density at radius 2 is 1.04 bits per heavy atom. The van der Waals surface area contributed by atoms with E-state index in [4.69, 9.17) is 32.7 Å². The first-order valence-electron chi connectivity index (χ1n) is 23.2. The molecule has 4 N–H and O–H groups in total. The summed E-state index contributed by atoms with van der Waals surface area (Å²) in [6.07, 6.45) is 0.543. The number of rotatable bonds is 16. The fraction of sp³-hybridized carbons (Fsp3) is 0.148. The number of amides is 1. The van der Waals surface area contributed by atoms with Crippen LogP contribution in [0.15, 0.2) is 169 Å². The van der Waals surface area contributed by atoms with Gasteiger partial charge in [0.1, 0.15) is 44.0 Å². The van der Waals surface area contributed by atoms with Crippen LogP contribution < -0.4 is 25.0 Å². The monoisotopic (exact) mass is 1240 g/mol. The first kappa shape index (κ1) is 59.8. The number of hydrogen-bond donors (Lipinski definition) is 4. The Hall–Kier alpha value is -6.41. The third-order valence-electron chi connectivity index (χ3n) is 11.4. The number of aliphatic imine (C=N–C) groups is 1. The fourth-order valence-corrected chi connectivity index (χ4v) is 10.3. The Morgan fingerprint density at radius 3 is 1.57 bits per heavy atom. The maximum Gasteiger partial charge on any atom is 2.00 e. The number of carbonyl (C=O) groups excluding carboxylic acids is 1. The van der Waals surface area contributed by atoms with Gasteiger partial charge in [0.05, 0.1) is 40.2 Å². The standard InChI is InChI=1S/2C27H24ClN3O6S.Ba/c2*1-3-16-13-14-20(28)24(26(16)38(34,35)36)31-30-23-18-10-6-5-9-17(18)15-19(25(23)32)27(33)29-21-11-7-8-12-22(21)37-4-2;/h2*5-15,32H,3-4H2,1-2H3,(H,29,33)(H,34,35,36);/q;;+2/p-2. The Labute approximate surface area is 493 Å². The van der Waals surface area contributed by atoms with Crippen LogP contribution in [-0.4, -0.2) is 105 Å². The third kappa shape index (κ3) is 13.8. The van der Waals surface area contributed by atoms with Crippen molar-refractivity contribution in [1.82, 2.24) is 0 Å². The SMILES string of the molecule is CCOc1ccccc1N=C([O-])c1cc2ccccc2c(N=Nc2c(Cl)ccc(CC)c2S(=O)(=O)O)c1[O-].CCOc1ccccc1NC(=O)c1cc2ccccc2c(N=Nc2c(Cl)ccc(CC)c2S(=O)(=O)O)c1O.[Ba+2]. The van der Waals surface area contributed by atoms with Crippen molar-refractivity contribution in [3.05, 3.63) is 166 Å². The van der Waals surface area contributed by atoms with Crippen LogP contribution in [0.3, 0.4) is 0 Å². The summed E-state index contributed by atoms with van der Waals surface area (Å²) in [5.41, 5.74) is 0.00715. The zero-order valence-electron chi connectivity index (χ0n) is 41.6. The molecule has 0 heterocycles. The van der Waals surface area contributed by atoms with Crippen LogP contribution in [0.4, 0.5) is 34.1 Å². The Bertz CT molecular complexity index is 3860. The molecular weight excluding hydrogens is 1200 g/mol. The van der Waals surface area contributed by atoms with Gasteiger partial charge in [-0.05, 0) is 109 Å². The molecule has 8 aromatic carbocycles. The molecule has 0 aliphatic rings. The van der Waals surface area contributed by atoms with E-state index in [9.17, 15) is 46.1 Å². The maximum atomic E-state index is 13.5. The van der Waals surface area contributed by atoms with Crippen molar-refractivity contribution >= 4 is 160 Å². The van der Waals surface area contributed by atoms with Crippen molar-refractivity contribution in [2.45, 2.75) is 50.3 Å². The van der Waals surface area contributed by atoms with Gasteiger partial charge >= 0.3 is 48.9 Å². The van der Waals surface area contributed by atoms with Crippen molar-refractivity contribution in [2.24, 2.45) is 25.4 Å². The Kier molecular flexibility index (Phi) is 20.4. The van der Waals surface area contributed by atoms with E-state index in [1.165, 1.54) is 36.4 Å². The number of nitrogens with zero attached hydrogens (tertiary/aromatic N) is 5. The third-order valence-corrected chi connectivity index (χ3v) is 13.9. The maximum absolute atomic E-state index is 13.5. The molecule has 0 atom stereocenters. The zero-order chi connectivity index (χ0) is 54.9. The van der Waals surface area contributed by atoms with Gasteiger partial charge in [0.15, 0.2) is 5.75 Å². The van der Waals surface area contributed by atoms with Crippen LogP contribution in [0.1, 0.15) is 54.7 Å². The van der Waals surface area contributed by atoms with Crippen LogP contribution in [0.5, 0.6) is 23.0 Å². The van der Waals surface area contributed by atoms with Crippen LogP contribution in [0.2, 0.25) is 10.0 Å². The molecule has 18 nitrogen and oxygen atoms in total. The summed E-state index contributed by atoms with van der Waals surface area (Å²) >= 11 is 12.4. The van der Waals surface area contributed by atoms with E-state index < -0.39 is 53.3 Å². The predicted octanol–water partition coefficient (Wildman–Crippen LogP) is 12.3. The van der Waals surface area contributed by atoms with Gasteiger partial charge in [-0.25, -0.2) is 0 Å². The van der Waals surface area contributed by atoms with Crippen LogP contribution in [-0.2, 0) is 33.1 Å². The van der Waals surface area contributed by atoms with Gasteiger partial charge in [-0.2, -0.15) is 21.9 Å². The minimum absolute atomic E-state index is 0. The van der Waals surface area contributed by atoms with Crippen molar-refractivity contribution in [3.8, 4) is 23.0 Å². The van der Waals surface area contributed by atoms with E-state index in [-0.39, 0.29) is 117 Å². The summed E-state index contributed by atoms with van der Waals surface area (Å²) in [6, 6.07) is 35.9. The minimum Gasteiger partial charge on any atom is -0.871 e. The van der Waals surface area contributed by atoms with E-state index >= 15 is 0 Å². The number of benzene rings is 8. The number of halogens is 2. The number of phenolic OH excluding ortho intramolecular Hbond substituents is 1. The second-order valence-corrected chi connectivity index (χ2v) is 19.7. The summed E-state index contributed by atoms with van der Waals surface area (Å²) in [5.74, 6) is -1.82. The molecule has 23 heteroatoms. The minimum atomic E-state index is -4.72. The van der Waals surface area contributed by atoms with Crippen molar-refractivity contribution in [2.75, 3.05) is 18.5 Å². The summed E-state index contributed by atoms with van der Waals surface area (Å²) < 4.78 is 79.3. The van der Waals surface area contributed by atoms with Gasteiger partial charge < -0.3 is 30.1 Å². The van der Waals surface area contributed by atoms with Gasteiger partial charge in [-0.15, -0.1) is 15.3 Å². The molecule has 0 aromatic heterocycles. The second-order valence-electron chi connectivity index (χ2n) is 16.2. The summed E-state index contributed by atoms with van der Waals surface area (Å²) in [6.45, 7) is 7.79. The van der Waals surface area contributed by atoms with Gasteiger partial charge in [-0.3, -0.25) is 18.9 Å². The summed E-state index contributed by atoms with van der Waals surface area (Å²) in [4.78, 5) is 16.4. The van der Waals surface area contributed by atoms with Crippen LogP contribution >= 0.6 is 23.2 Å². The number of nitrogens with one attached hydrogen (secondary N) is 1. The summed E-state index contributed by atoms with van der Waals surface area (Å²) in [7, 11) is -9.42. The zero-order valence-corrected chi connectivity index (χ0v) is 49.1. The van der Waals surface area contributed by atoms with E-state index in [1.807, 2.05) is 6.92 Å². The van der Waals surface area contributed by atoms with Crippen LogP contribution in [0, 0.1) is 0 Å². The molecular formula is C54H46BaCl2N6O12S2. The molecule has 0 aliphatic heterocycles. The molecule has 8 rings (SSSR count). The largest absolute Gasteiger partial charge is 2.00 e. The van der Waals surface area contributed by atoms with E-state index in [0.29, 0.717) is 57.5 Å². The fourth-order valence-electron chi connectivity index (χ4n) is 7.89. The molecule has 0 aliphatic carbocycles. The molecule has 0 bridgehead atoms. The van der Waals surface area contributed by atoms with E-state index in [0.717, 1.165) is 0 Å². The predicted molar refractivity (Wildman–Crippen MR) is 294 cm³/mol. The van der Waals surface area contributed by atoms with E-state index in [2.05, 4.69) is 30.8 Å². The average Bonchev–Trinajstić information content (AvgIpc) is 3.39. The first-order chi connectivity index (χ1) is 36.3. The van der Waals surface area contributed by atoms with Gasteiger partial charge in [-0.1, -0.05) is 128 Å². The number of hydrogen-bond acceptors (Lipinski definition) is 15. The number of carbonyl (C=O) groups is 1. The molecule has 0 fully saturated rings. The molecule has 8 aromatic rings. The normalized spacial score (nSPS) is 11.9. The number of azo groups is 2. The first-order valence-corrected chi connectivity index (χ1v) is 26.8. The number of aromatic hydroxyl groups is 1. The van der Waals surface area contributed by atoms with Gasteiger partial charge in [0, 0.05) is 10.8 Å². The van der Waals surface area contributed by atoms with E-state index in [1.54, 1.807) is 118 Å². The van der Waals surface area contributed by atoms with Crippen molar-refractivity contribution in [3.63, 3.8) is 0 Å².